The number of carbonyl (C=O) groups excluding carboxylic acids is 1. The minimum atomic E-state index is 0.0668. The molecule has 0 atom stereocenters. The van der Waals surface area contributed by atoms with Crippen molar-refractivity contribution < 1.29 is 9.53 Å². The molecule has 26 heavy (non-hydrogen) atoms. The lowest BCUT2D eigenvalue weighted by Crippen LogP contribution is -2.30. The van der Waals surface area contributed by atoms with E-state index in [2.05, 4.69) is 21.3 Å². The van der Waals surface area contributed by atoms with Crippen LogP contribution in [0.15, 0.2) is 42.6 Å². The number of pyridine rings is 1. The van der Waals surface area contributed by atoms with Crippen LogP contribution >= 0.6 is 0 Å². The Morgan fingerprint density at radius 1 is 1.12 bits per heavy atom. The number of benzene rings is 1. The largest absolute Gasteiger partial charge is 0.497 e. The fourth-order valence-corrected chi connectivity index (χ4v) is 3.21. The van der Waals surface area contributed by atoms with Crippen LogP contribution in [0.2, 0.25) is 0 Å². The molecule has 1 amide bonds. The lowest BCUT2D eigenvalue weighted by Gasteiger charge is -2.27. The molecule has 0 radical (unpaired) electrons. The highest BCUT2D eigenvalue weighted by Gasteiger charge is 2.12. The summed E-state index contributed by atoms with van der Waals surface area (Å²) in [6.45, 7) is 2.69. The van der Waals surface area contributed by atoms with Crippen molar-refractivity contribution in [3.63, 3.8) is 0 Å². The van der Waals surface area contributed by atoms with E-state index in [1.54, 1.807) is 7.11 Å². The number of nitrogens with zero attached hydrogens (tertiary/aromatic N) is 2. The fourth-order valence-electron chi connectivity index (χ4n) is 3.21. The van der Waals surface area contributed by atoms with Crippen LogP contribution in [0.4, 0.5) is 5.82 Å². The molecule has 0 aliphatic carbocycles. The zero-order valence-corrected chi connectivity index (χ0v) is 15.4. The molecule has 1 N–H and O–H groups in total. The molecule has 0 spiro atoms. The van der Waals surface area contributed by atoms with Crippen molar-refractivity contribution in [2.75, 3.05) is 25.1 Å². The summed E-state index contributed by atoms with van der Waals surface area (Å²) in [6.07, 6.45) is 6.81. The Labute approximate surface area is 155 Å². The summed E-state index contributed by atoms with van der Waals surface area (Å²) >= 11 is 0. The van der Waals surface area contributed by atoms with Crippen LogP contribution in [0.25, 0.3) is 0 Å². The highest BCUT2D eigenvalue weighted by atomic mass is 16.5. The highest BCUT2D eigenvalue weighted by molar-refractivity contribution is 5.76. The van der Waals surface area contributed by atoms with Crippen LogP contribution in [0.3, 0.4) is 0 Å². The number of methoxy groups -OCH3 is 1. The lowest BCUT2D eigenvalue weighted by molar-refractivity contribution is -0.121. The maximum Gasteiger partial charge on any atom is 0.220 e. The Morgan fingerprint density at radius 2 is 1.88 bits per heavy atom. The lowest BCUT2D eigenvalue weighted by atomic mass is 10.1. The van der Waals surface area contributed by atoms with Crippen molar-refractivity contribution in [3.8, 4) is 5.75 Å². The van der Waals surface area contributed by atoms with Gasteiger partial charge < -0.3 is 15.0 Å². The van der Waals surface area contributed by atoms with Gasteiger partial charge in [0.2, 0.25) is 5.91 Å². The van der Waals surface area contributed by atoms with Gasteiger partial charge >= 0.3 is 0 Å². The Hall–Kier alpha value is -2.56. The molecule has 0 unspecified atom stereocenters. The SMILES string of the molecule is COc1ccc(CCC(=O)NCc2ccnc(N3CCCCC3)c2)cc1. The van der Waals surface area contributed by atoms with Gasteiger partial charge in [-0.2, -0.15) is 0 Å². The molecule has 138 valence electrons. The molecule has 1 aliphatic rings. The number of rotatable bonds is 7. The first-order valence-corrected chi connectivity index (χ1v) is 9.34. The maximum absolute atomic E-state index is 12.1. The molecule has 1 aliphatic heterocycles. The third-order valence-corrected chi connectivity index (χ3v) is 4.78. The normalized spacial score (nSPS) is 14.1. The van der Waals surface area contributed by atoms with Crippen molar-refractivity contribution in [2.24, 2.45) is 0 Å². The van der Waals surface area contributed by atoms with E-state index in [-0.39, 0.29) is 5.91 Å². The van der Waals surface area contributed by atoms with E-state index in [1.165, 1.54) is 19.3 Å². The first-order chi connectivity index (χ1) is 12.7. The number of aromatic nitrogens is 1. The van der Waals surface area contributed by atoms with Gasteiger partial charge in [-0.05, 0) is 61.1 Å². The highest BCUT2D eigenvalue weighted by Crippen LogP contribution is 2.18. The van der Waals surface area contributed by atoms with Gasteiger partial charge in [-0.3, -0.25) is 4.79 Å². The fraction of sp³-hybridized carbons (Fsp3) is 0.429. The number of ether oxygens (including phenoxy) is 1. The molecule has 3 rings (SSSR count). The second-order valence-corrected chi connectivity index (χ2v) is 6.69. The van der Waals surface area contributed by atoms with E-state index < -0.39 is 0 Å². The Balaban J connectivity index is 1.46. The minimum Gasteiger partial charge on any atom is -0.497 e. The van der Waals surface area contributed by atoms with Crippen LogP contribution in [0.5, 0.6) is 5.75 Å². The minimum absolute atomic E-state index is 0.0668. The van der Waals surface area contributed by atoms with Crippen molar-refractivity contribution >= 4 is 11.7 Å². The first-order valence-electron chi connectivity index (χ1n) is 9.34. The van der Waals surface area contributed by atoms with E-state index in [0.717, 1.165) is 42.2 Å². The Bertz CT molecular complexity index is 709. The van der Waals surface area contributed by atoms with E-state index in [1.807, 2.05) is 36.5 Å². The molecular formula is C21H27N3O2. The average molecular weight is 353 g/mol. The van der Waals surface area contributed by atoms with Crippen LogP contribution in [-0.4, -0.2) is 31.1 Å². The number of carbonyl (C=O) groups is 1. The second-order valence-electron chi connectivity index (χ2n) is 6.69. The zero-order valence-electron chi connectivity index (χ0n) is 15.4. The number of piperidine rings is 1. The molecular weight excluding hydrogens is 326 g/mol. The molecule has 2 aromatic rings. The molecule has 1 fully saturated rings. The van der Waals surface area contributed by atoms with E-state index in [4.69, 9.17) is 4.74 Å². The second kappa shape index (κ2) is 9.22. The summed E-state index contributed by atoms with van der Waals surface area (Å²) in [5, 5.41) is 3.01. The van der Waals surface area contributed by atoms with Crippen LogP contribution in [-0.2, 0) is 17.8 Å². The van der Waals surface area contributed by atoms with E-state index in [0.29, 0.717) is 13.0 Å². The van der Waals surface area contributed by atoms with Gasteiger partial charge in [-0.1, -0.05) is 12.1 Å². The van der Waals surface area contributed by atoms with E-state index in [9.17, 15) is 4.79 Å². The van der Waals surface area contributed by atoms with Gasteiger partial charge in [-0.15, -0.1) is 0 Å². The van der Waals surface area contributed by atoms with Gasteiger partial charge in [0.15, 0.2) is 0 Å². The molecule has 0 saturated carbocycles. The third-order valence-electron chi connectivity index (χ3n) is 4.78. The number of nitrogens with one attached hydrogen (secondary N) is 1. The van der Waals surface area contributed by atoms with Crippen molar-refractivity contribution in [3.05, 3.63) is 53.7 Å². The van der Waals surface area contributed by atoms with Crippen molar-refractivity contribution in [2.45, 2.75) is 38.6 Å². The predicted octanol–water partition coefficient (Wildman–Crippen LogP) is 3.33. The standard InChI is InChI=1S/C21H27N3O2/c1-26-19-8-5-17(6-9-19)7-10-21(25)23-16-18-11-12-22-20(15-18)24-13-3-2-4-14-24/h5-6,8-9,11-12,15H,2-4,7,10,13-14,16H2,1H3,(H,23,25). The molecule has 5 heteroatoms. The molecule has 2 heterocycles. The van der Waals surface area contributed by atoms with Gasteiger partial charge in [0.05, 0.1) is 7.11 Å². The maximum atomic E-state index is 12.1. The summed E-state index contributed by atoms with van der Waals surface area (Å²) in [5.41, 5.74) is 2.23. The Kier molecular flexibility index (Phi) is 6.47. The first kappa shape index (κ1) is 18.2. The molecule has 1 aromatic heterocycles. The number of amides is 1. The summed E-state index contributed by atoms with van der Waals surface area (Å²) < 4.78 is 5.15. The molecule has 1 aromatic carbocycles. The molecule has 5 nitrogen and oxygen atoms in total. The van der Waals surface area contributed by atoms with Crippen LogP contribution in [0, 0.1) is 0 Å². The van der Waals surface area contributed by atoms with Gasteiger partial charge in [0.25, 0.3) is 0 Å². The topological polar surface area (TPSA) is 54.5 Å². The number of aryl methyl sites for hydroxylation is 1. The van der Waals surface area contributed by atoms with Gasteiger partial charge in [0.1, 0.15) is 11.6 Å². The van der Waals surface area contributed by atoms with Crippen LogP contribution < -0.4 is 15.0 Å². The molecule has 1 saturated heterocycles. The smallest absolute Gasteiger partial charge is 0.220 e. The van der Waals surface area contributed by atoms with E-state index >= 15 is 0 Å². The summed E-state index contributed by atoms with van der Waals surface area (Å²) in [6, 6.07) is 11.9. The quantitative estimate of drug-likeness (QED) is 0.830. The number of hydrogen-bond donors (Lipinski definition) is 1. The van der Waals surface area contributed by atoms with Crippen molar-refractivity contribution in [1.29, 1.82) is 0 Å². The van der Waals surface area contributed by atoms with Crippen molar-refractivity contribution in [1.82, 2.24) is 10.3 Å². The van der Waals surface area contributed by atoms with Gasteiger partial charge in [-0.25, -0.2) is 4.98 Å². The Morgan fingerprint density at radius 3 is 2.62 bits per heavy atom. The number of anilines is 1. The van der Waals surface area contributed by atoms with Gasteiger partial charge in [0, 0.05) is 32.3 Å². The number of hydrogen-bond acceptors (Lipinski definition) is 4. The monoisotopic (exact) mass is 353 g/mol. The zero-order chi connectivity index (χ0) is 18.2. The summed E-state index contributed by atoms with van der Waals surface area (Å²) in [7, 11) is 1.65. The summed E-state index contributed by atoms with van der Waals surface area (Å²) in [4.78, 5) is 19.0. The predicted molar refractivity (Wildman–Crippen MR) is 103 cm³/mol. The molecule has 0 bridgehead atoms. The van der Waals surface area contributed by atoms with Crippen LogP contribution in [0.1, 0.15) is 36.8 Å². The third kappa shape index (κ3) is 5.22. The summed E-state index contributed by atoms with van der Waals surface area (Å²) in [5.74, 6) is 1.92. The average Bonchev–Trinajstić information content (AvgIpc) is 2.72.